The molecule has 2 rings (SSSR count). The molecule has 1 unspecified atom stereocenters. The summed E-state index contributed by atoms with van der Waals surface area (Å²) in [5, 5.41) is 5.37. The lowest BCUT2D eigenvalue weighted by molar-refractivity contribution is -0.238. The zero-order valence-electron chi connectivity index (χ0n) is 11.8. The summed E-state index contributed by atoms with van der Waals surface area (Å²) in [6, 6.07) is 5.12. The van der Waals surface area contributed by atoms with Crippen LogP contribution in [0.15, 0.2) is 18.2 Å². The average molecular weight is 336 g/mol. The van der Waals surface area contributed by atoms with Gasteiger partial charge in [-0.05, 0) is 18.2 Å². The predicted molar refractivity (Wildman–Crippen MR) is 78.3 cm³/mol. The number of fused-ring (bicyclic) bond motifs is 1. The van der Waals surface area contributed by atoms with Gasteiger partial charge in [0, 0.05) is 23.4 Å². The van der Waals surface area contributed by atoms with Crippen LogP contribution in [0, 0.1) is 0 Å². The monoisotopic (exact) mass is 335 g/mol. The minimum absolute atomic E-state index is 0.225. The molecule has 1 aromatic rings. The first kappa shape index (κ1) is 16.5. The Hall–Kier alpha value is -0.860. The van der Waals surface area contributed by atoms with E-state index in [0.717, 1.165) is 0 Å². The van der Waals surface area contributed by atoms with Crippen LogP contribution < -0.4 is 9.88 Å². The number of benzene rings is 1. The van der Waals surface area contributed by atoms with Crippen molar-refractivity contribution in [2.45, 2.75) is 38.6 Å². The number of halogens is 1. The van der Waals surface area contributed by atoms with Crippen LogP contribution in [-0.2, 0) is 19.2 Å². The fourth-order valence-corrected chi connectivity index (χ4v) is 2.75. The predicted octanol–water partition coefficient (Wildman–Crippen LogP) is 2.53. The lowest BCUT2D eigenvalue weighted by Crippen LogP contribution is -2.43. The Bertz CT molecular complexity index is 615. The molecule has 1 aliphatic rings. The van der Waals surface area contributed by atoms with Gasteiger partial charge in [0.2, 0.25) is 5.79 Å². The summed E-state index contributed by atoms with van der Waals surface area (Å²) in [7, 11) is -4.04. The molecule has 1 aromatic carbocycles. The fraction of sp³-hybridized carbons (Fsp3) is 0.538. The van der Waals surface area contributed by atoms with Gasteiger partial charge in [-0.25, -0.2) is 5.14 Å². The van der Waals surface area contributed by atoms with E-state index >= 15 is 0 Å². The number of ether oxygens (including phenoxy) is 2. The summed E-state index contributed by atoms with van der Waals surface area (Å²) >= 11 is 5.98. The molecule has 0 saturated heterocycles. The van der Waals surface area contributed by atoms with E-state index in [2.05, 4.69) is 4.18 Å². The fourth-order valence-electron chi connectivity index (χ4n) is 2.25. The molecule has 0 bridgehead atoms. The third-order valence-electron chi connectivity index (χ3n) is 3.43. The quantitative estimate of drug-likeness (QED) is 0.893. The summed E-state index contributed by atoms with van der Waals surface area (Å²) in [4.78, 5) is 0. The van der Waals surface area contributed by atoms with Crippen molar-refractivity contribution >= 4 is 21.9 Å². The average Bonchev–Trinajstić information content (AvgIpc) is 2.44. The van der Waals surface area contributed by atoms with Crippen molar-refractivity contribution in [1.29, 1.82) is 0 Å². The molecule has 1 heterocycles. The lowest BCUT2D eigenvalue weighted by atomic mass is 10.0. The zero-order chi connectivity index (χ0) is 15.7. The largest absolute Gasteiger partial charge is 0.462 e. The molecular formula is C13H18ClNO5S. The molecule has 1 atom stereocenters. The Morgan fingerprint density at radius 2 is 2.05 bits per heavy atom. The van der Waals surface area contributed by atoms with Crippen molar-refractivity contribution in [2.24, 2.45) is 5.14 Å². The van der Waals surface area contributed by atoms with Crippen LogP contribution in [0.3, 0.4) is 0 Å². The van der Waals surface area contributed by atoms with Gasteiger partial charge in [0.1, 0.15) is 11.9 Å². The molecule has 8 heteroatoms. The minimum atomic E-state index is -4.04. The van der Waals surface area contributed by atoms with Crippen molar-refractivity contribution in [3.05, 3.63) is 28.8 Å². The van der Waals surface area contributed by atoms with Gasteiger partial charge in [-0.15, -0.1) is 0 Å². The Balaban J connectivity index is 2.35. The highest BCUT2D eigenvalue weighted by molar-refractivity contribution is 7.84. The third kappa shape index (κ3) is 3.87. The molecule has 2 N–H and O–H groups in total. The normalized spacial score (nSPS) is 20.7. The van der Waals surface area contributed by atoms with E-state index in [1.807, 2.05) is 13.8 Å². The molecule has 0 spiro atoms. The maximum absolute atomic E-state index is 11.0. The highest BCUT2D eigenvalue weighted by Crippen LogP contribution is 2.42. The molecule has 6 nitrogen and oxygen atoms in total. The summed E-state index contributed by atoms with van der Waals surface area (Å²) < 4.78 is 38.5. The van der Waals surface area contributed by atoms with E-state index in [1.165, 1.54) is 0 Å². The molecule has 118 valence electrons. The Kier molecular flexibility index (Phi) is 4.79. The summed E-state index contributed by atoms with van der Waals surface area (Å²) in [5.41, 5.74) is 0.642. The summed E-state index contributed by atoms with van der Waals surface area (Å²) in [6.07, 6.45) is 0.597. The van der Waals surface area contributed by atoms with Crippen LogP contribution in [0.25, 0.3) is 0 Å². The van der Waals surface area contributed by atoms with E-state index in [-0.39, 0.29) is 6.61 Å². The second-order valence-electron chi connectivity index (χ2n) is 4.79. The van der Waals surface area contributed by atoms with Crippen LogP contribution >= 0.6 is 11.6 Å². The van der Waals surface area contributed by atoms with Gasteiger partial charge in [-0.1, -0.05) is 25.4 Å². The first-order chi connectivity index (χ1) is 9.78. The SMILES string of the molecule is CCC1(CC)Oc2ccc(Cl)cc2C(COS(N)(=O)=O)O1. The molecule has 1 aliphatic heterocycles. The van der Waals surface area contributed by atoms with Crippen LogP contribution in [0.5, 0.6) is 5.75 Å². The van der Waals surface area contributed by atoms with Gasteiger partial charge in [0.25, 0.3) is 0 Å². The van der Waals surface area contributed by atoms with Crippen molar-refractivity contribution in [2.75, 3.05) is 6.61 Å². The minimum Gasteiger partial charge on any atom is -0.462 e. The number of nitrogens with two attached hydrogens (primary N) is 1. The molecule has 0 radical (unpaired) electrons. The maximum Gasteiger partial charge on any atom is 0.333 e. The Labute approximate surface area is 129 Å². The first-order valence-electron chi connectivity index (χ1n) is 6.62. The third-order valence-corrected chi connectivity index (χ3v) is 4.13. The van der Waals surface area contributed by atoms with Crippen LogP contribution in [0.4, 0.5) is 0 Å². The smallest absolute Gasteiger partial charge is 0.333 e. The highest BCUT2D eigenvalue weighted by Gasteiger charge is 2.40. The van der Waals surface area contributed by atoms with Gasteiger partial charge in [-0.2, -0.15) is 8.42 Å². The van der Waals surface area contributed by atoms with Gasteiger partial charge >= 0.3 is 10.3 Å². The zero-order valence-corrected chi connectivity index (χ0v) is 13.4. The molecule has 21 heavy (non-hydrogen) atoms. The van der Waals surface area contributed by atoms with Gasteiger partial charge in [0.15, 0.2) is 0 Å². The van der Waals surface area contributed by atoms with E-state index < -0.39 is 22.2 Å². The molecule has 0 aliphatic carbocycles. The summed E-state index contributed by atoms with van der Waals surface area (Å²) in [6.45, 7) is 3.64. The van der Waals surface area contributed by atoms with Crippen molar-refractivity contribution in [3.8, 4) is 5.75 Å². The van der Waals surface area contributed by atoms with E-state index in [4.69, 9.17) is 26.2 Å². The Morgan fingerprint density at radius 1 is 1.38 bits per heavy atom. The first-order valence-corrected chi connectivity index (χ1v) is 8.47. The molecule has 0 fully saturated rings. The molecule has 0 amide bonds. The molecular weight excluding hydrogens is 318 g/mol. The second kappa shape index (κ2) is 6.10. The van der Waals surface area contributed by atoms with Gasteiger partial charge in [-0.3, -0.25) is 4.18 Å². The van der Waals surface area contributed by atoms with Crippen molar-refractivity contribution < 1.29 is 22.1 Å². The van der Waals surface area contributed by atoms with Crippen molar-refractivity contribution in [1.82, 2.24) is 0 Å². The Morgan fingerprint density at radius 3 is 2.62 bits per heavy atom. The summed E-state index contributed by atoms with van der Waals surface area (Å²) in [5.74, 6) is -0.204. The van der Waals surface area contributed by atoms with Gasteiger partial charge in [0.05, 0.1) is 6.61 Å². The topological polar surface area (TPSA) is 87.9 Å². The van der Waals surface area contributed by atoms with Crippen LogP contribution in [0.2, 0.25) is 5.02 Å². The number of rotatable bonds is 5. The molecule has 0 aromatic heterocycles. The molecule has 0 saturated carbocycles. The van der Waals surface area contributed by atoms with Crippen LogP contribution in [0.1, 0.15) is 38.4 Å². The highest BCUT2D eigenvalue weighted by atomic mass is 35.5. The van der Waals surface area contributed by atoms with Crippen molar-refractivity contribution in [3.63, 3.8) is 0 Å². The van der Waals surface area contributed by atoms with Gasteiger partial charge < -0.3 is 9.47 Å². The second-order valence-corrected chi connectivity index (χ2v) is 6.44. The lowest BCUT2D eigenvalue weighted by Gasteiger charge is -2.41. The number of hydrogen-bond donors (Lipinski definition) is 1. The van der Waals surface area contributed by atoms with E-state index in [0.29, 0.717) is 29.2 Å². The van der Waals surface area contributed by atoms with E-state index in [1.54, 1.807) is 18.2 Å². The van der Waals surface area contributed by atoms with E-state index in [9.17, 15) is 8.42 Å². The number of hydrogen-bond acceptors (Lipinski definition) is 5. The standard InChI is InChI=1S/C13H18ClNO5S/c1-3-13(4-2)19-11-6-5-9(14)7-10(11)12(20-13)8-18-21(15,16)17/h5-7,12H,3-4,8H2,1-2H3,(H2,15,16,17). The van der Waals surface area contributed by atoms with Crippen LogP contribution in [-0.4, -0.2) is 20.8 Å². The maximum atomic E-state index is 11.0.